The molecule has 2 amide bonds. The highest BCUT2D eigenvalue weighted by Crippen LogP contribution is 2.20. The summed E-state index contributed by atoms with van der Waals surface area (Å²) in [6, 6.07) is 5.26. The number of benzene rings is 1. The molecule has 1 aromatic carbocycles. The predicted molar refractivity (Wildman–Crippen MR) is 62.5 cm³/mol. The summed E-state index contributed by atoms with van der Waals surface area (Å²) in [6.07, 6.45) is -1.37. The number of nitrogens with one attached hydrogen (secondary N) is 1. The van der Waals surface area contributed by atoms with Crippen molar-refractivity contribution in [3.63, 3.8) is 0 Å². The van der Waals surface area contributed by atoms with Crippen LogP contribution in [0.15, 0.2) is 18.2 Å². The van der Waals surface area contributed by atoms with E-state index in [1.165, 1.54) is 0 Å². The smallest absolute Gasteiger partial charge is 0.251 e. The summed E-state index contributed by atoms with van der Waals surface area (Å²) in [5, 5.41) is 11.6. The summed E-state index contributed by atoms with van der Waals surface area (Å²) in [5.41, 5.74) is 7.40. The highest BCUT2D eigenvalue weighted by atomic mass is 16.5. The maximum Gasteiger partial charge on any atom is 0.251 e. The van der Waals surface area contributed by atoms with E-state index in [2.05, 4.69) is 5.32 Å². The van der Waals surface area contributed by atoms with Crippen molar-refractivity contribution in [3.05, 3.63) is 34.9 Å². The molecule has 18 heavy (non-hydrogen) atoms. The first-order valence-electron chi connectivity index (χ1n) is 5.53. The highest BCUT2D eigenvalue weighted by molar-refractivity contribution is 5.94. The second-order valence-corrected chi connectivity index (χ2v) is 4.10. The molecule has 0 aliphatic carbocycles. The number of aliphatic hydroxyl groups excluding tert-OH is 1. The SMILES string of the molecule is NC(=O)C(O)CNC(=O)c1ccc2c(c1)COC2. The van der Waals surface area contributed by atoms with Crippen LogP contribution in [0.4, 0.5) is 0 Å². The Morgan fingerprint density at radius 3 is 2.83 bits per heavy atom. The van der Waals surface area contributed by atoms with Gasteiger partial charge >= 0.3 is 0 Å². The molecule has 1 aliphatic heterocycles. The zero-order chi connectivity index (χ0) is 13.1. The van der Waals surface area contributed by atoms with Gasteiger partial charge in [-0.15, -0.1) is 0 Å². The normalized spacial score (nSPS) is 14.9. The van der Waals surface area contributed by atoms with Crippen LogP contribution in [0.25, 0.3) is 0 Å². The Morgan fingerprint density at radius 2 is 2.11 bits per heavy atom. The van der Waals surface area contributed by atoms with Crippen molar-refractivity contribution in [1.82, 2.24) is 5.32 Å². The molecule has 1 unspecified atom stereocenters. The number of amides is 2. The van der Waals surface area contributed by atoms with Crippen molar-refractivity contribution in [1.29, 1.82) is 0 Å². The molecule has 1 heterocycles. The second kappa shape index (κ2) is 5.16. The third kappa shape index (κ3) is 2.66. The fourth-order valence-corrected chi connectivity index (χ4v) is 1.71. The number of hydrogen-bond acceptors (Lipinski definition) is 4. The summed E-state index contributed by atoms with van der Waals surface area (Å²) in [6.45, 7) is 0.875. The number of ether oxygens (including phenoxy) is 1. The first-order valence-corrected chi connectivity index (χ1v) is 5.53. The van der Waals surface area contributed by atoms with Crippen LogP contribution in [-0.2, 0) is 22.7 Å². The molecule has 0 spiro atoms. The van der Waals surface area contributed by atoms with E-state index in [9.17, 15) is 9.59 Å². The maximum atomic E-state index is 11.8. The van der Waals surface area contributed by atoms with Gasteiger partial charge in [0.2, 0.25) is 5.91 Å². The van der Waals surface area contributed by atoms with Crippen LogP contribution >= 0.6 is 0 Å². The van der Waals surface area contributed by atoms with Crippen LogP contribution in [0, 0.1) is 0 Å². The van der Waals surface area contributed by atoms with Gasteiger partial charge in [0.1, 0.15) is 6.10 Å². The van der Waals surface area contributed by atoms with Gasteiger partial charge in [0.15, 0.2) is 0 Å². The van der Waals surface area contributed by atoms with E-state index >= 15 is 0 Å². The van der Waals surface area contributed by atoms with Gasteiger partial charge in [-0.1, -0.05) is 6.07 Å². The molecule has 1 atom stereocenters. The van der Waals surface area contributed by atoms with Crippen molar-refractivity contribution in [2.24, 2.45) is 5.73 Å². The molecule has 0 aromatic heterocycles. The monoisotopic (exact) mass is 250 g/mol. The van der Waals surface area contributed by atoms with E-state index < -0.39 is 12.0 Å². The number of rotatable bonds is 4. The standard InChI is InChI=1S/C12H14N2O4/c13-11(16)10(15)4-14-12(17)7-1-2-8-5-18-6-9(8)3-7/h1-3,10,15H,4-6H2,(H2,13,16)(H,14,17). The first kappa shape index (κ1) is 12.5. The molecule has 96 valence electrons. The van der Waals surface area contributed by atoms with Gasteiger partial charge in [-0.2, -0.15) is 0 Å². The molecule has 2 rings (SSSR count). The van der Waals surface area contributed by atoms with Gasteiger partial charge in [-0.05, 0) is 23.3 Å². The maximum absolute atomic E-state index is 11.8. The minimum Gasteiger partial charge on any atom is -0.381 e. The van der Waals surface area contributed by atoms with Crippen molar-refractivity contribution in [2.75, 3.05) is 6.54 Å². The summed E-state index contributed by atoms with van der Waals surface area (Å²) in [7, 11) is 0. The highest BCUT2D eigenvalue weighted by Gasteiger charge is 2.16. The summed E-state index contributed by atoms with van der Waals surface area (Å²) < 4.78 is 5.25. The Hall–Kier alpha value is -1.92. The molecule has 1 aliphatic rings. The van der Waals surface area contributed by atoms with Crippen LogP contribution in [0.5, 0.6) is 0 Å². The lowest BCUT2D eigenvalue weighted by molar-refractivity contribution is -0.125. The van der Waals surface area contributed by atoms with Gasteiger partial charge in [0.25, 0.3) is 5.91 Å². The lowest BCUT2D eigenvalue weighted by Crippen LogP contribution is -2.40. The predicted octanol–water partition coefficient (Wildman–Crippen LogP) is -0.707. The quantitative estimate of drug-likeness (QED) is 0.657. The van der Waals surface area contributed by atoms with Crippen molar-refractivity contribution in [3.8, 4) is 0 Å². The second-order valence-electron chi connectivity index (χ2n) is 4.10. The zero-order valence-electron chi connectivity index (χ0n) is 9.68. The minimum atomic E-state index is -1.37. The Kier molecular flexibility index (Phi) is 3.59. The van der Waals surface area contributed by atoms with E-state index in [-0.39, 0.29) is 12.5 Å². The Morgan fingerprint density at radius 1 is 1.39 bits per heavy atom. The lowest BCUT2D eigenvalue weighted by Gasteiger charge is -2.09. The third-order valence-corrected chi connectivity index (χ3v) is 2.77. The Bertz CT molecular complexity index is 487. The molecule has 4 N–H and O–H groups in total. The van der Waals surface area contributed by atoms with E-state index in [1.807, 2.05) is 6.07 Å². The molecular formula is C12H14N2O4. The van der Waals surface area contributed by atoms with Gasteiger partial charge < -0.3 is 20.9 Å². The van der Waals surface area contributed by atoms with Gasteiger partial charge in [-0.3, -0.25) is 9.59 Å². The number of carbonyl (C=O) groups excluding carboxylic acids is 2. The molecule has 6 nitrogen and oxygen atoms in total. The molecule has 0 radical (unpaired) electrons. The fraction of sp³-hybridized carbons (Fsp3) is 0.333. The van der Waals surface area contributed by atoms with Crippen molar-refractivity contribution >= 4 is 11.8 Å². The van der Waals surface area contributed by atoms with E-state index in [4.69, 9.17) is 15.6 Å². The van der Waals surface area contributed by atoms with Crippen LogP contribution < -0.4 is 11.1 Å². The first-order chi connectivity index (χ1) is 8.58. The van der Waals surface area contributed by atoms with Crippen LogP contribution in [-0.4, -0.2) is 29.6 Å². The summed E-state index contributed by atoms with van der Waals surface area (Å²) in [5.74, 6) is -1.22. The van der Waals surface area contributed by atoms with E-state index in [0.717, 1.165) is 11.1 Å². The molecule has 0 saturated heterocycles. The van der Waals surface area contributed by atoms with Gasteiger partial charge in [0, 0.05) is 5.56 Å². The number of aliphatic hydroxyl groups is 1. The summed E-state index contributed by atoms with van der Waals surface area (Å²) in [4.78, 5) is 22.4. The number of fused-ring (bicyclic) bond motifs is 1. The largest absolute Gasteiger partial charge is 0.381 e. The third-order valence-electron chi connectivity index (χ3n) is 2.77. The topological polar surface area (TPSA) is 102 Å². The Balaban J connectivity index is 1.99. The minimum absolute atomic E-state index is 0.193. The van der Waals surface area contributed by atoms with Gasteiger partial charge in [0.05, 0.1) is 19.8 Å². The van der Waals surface area contributed by atoms with E-state index in [0.29, 0.717) is 18.8 Å². The Labute approximate surface area is 104 Å². The van der Waals surface area contributed by atoms with Crippen molar-refractivity contribution in [2.45, 2.75) is 19.3 Å². The average molecular weight is 250 g/mol. The number of nitrogens with two attached hydrogens (primary N) is 1. The number of carbonyl (C=O) groups is 2. The molecule has 1 aromatic rings. The molecule has 6 heteroatoms. The van der Waals surface area contributed by atoms with Gasteiger partial charge in [-0.25, -0.2) is 0 Å². The van der Waals surface area contributed by atoms with E-state index in [1.54, 1.807) is 12.1 Å². The molecule has 0 fully saturated rings. The average Bonchev–Trinajstić information content (AvgIpc) is 2.82. The van der Waals surface area contributed by atoms with Crippen LogP contribution in [0.3, 0.4) is 0 Å². The zero-order valence-corrected chi connectivity index (χ0v) is 9.68. The molecule has 0 bridgehead atoms. The van der Waals surface area contributed by atoms with Crippen molar-refractivity contribution < 1.29 is 19.4 Å². The molecular weight excluding hydrogens is 236 g/mol. The van der Waals surface area contributed by atoms with Crippen LogP contribution in [0.1, 0.15) is 21.5 Å². The summed E-state index contributed by atoms with van der Waals surface area (Å²) >= 11 is 0. The molecule has 0 saturated carbocycles. The fourth-order valence-electron chi connectivity index (χ4n) is 1.71. The number of primary amides is 1. The van der Waals surface area contributed by atoms with Crippen LogP contribution in [0.2, 0.25) is 0 Å². The number of hydrogen-bond donors (Lipinski definition) is 3. The lowest BCUT2D eigenvalue weighted by atomic mass is 10.1.